The Bertz CT molecular complexity index is 689. The van der Waals surface area contributed by atoms with Gasteiger partial charge in [-0.15, -0.1) is 0 Å². The van der Waals surface area contributed by atoms with Gasteiger partial charge in [0.15, 0.2) is 0 Å². The number of rotatable bonds is 6. The zero-order valence-electron chi connectivity index (χ0n) is 15.8. The van der Waals surface area contributed by atoms with Gasteiger partial charge in [-0.3, -0.25) is 9.69 Å². The van der Waals surface area contributed by atoms with Crippen LogP contribution in [0.15, 0.2) is 54.6 Å². The lowest BCUT2D eigenvalue weighted by Crippen LogP contribution is -2.40. The average molecular weight is 351 g/mol. The van der Waals surface area contributed by atoms with Gasteiger partial charge < -0.3 is 10.2 Å². The molecule has 0 bridgehead atoms. The van der Waals surface area contributed by atoms with Crippen LogP contribution in [0.5, 0.6) is 0 Å². The van der Waals surface area contributed by atoms with Gasteiger partial charge in [0, 0.05) is 38.8 Å². The molecule has 0 saturated carbocycles. The van der Waals surface area contributed by atoms with Gasteiger partial charge in [-0.1, -0.05) is 42.5 Å². The van der Waals surface area contributed by atoms with Crippen molar-refractivity contribution in [2.75, 3.05) is 32.1 Å². The van der Waals surface area contributed by atoms with Gasteiger partial charge in [0.1, 0.15) is 0 Å². The molecule has 138 valence electrons. The van der Waals surface area contributed by atoms with Crippen molar-refractivity contribution in [1.29, 1.82) is 0 Å². The van der Waals surface area contributed by atoms with E-state index in [1.54, 1.807) is 0 Å². The molecule has 4 nitrogen and oxygen atoms in total. The fraction of sp³-hybridized carbons (Fsp3) is 0.409. The van der Waals surface area contributed by atoms with Gasteiger partial charge in [-0.2, -0.15) is 0 Å². The summed E-state index contributed by atoms with van der Waals surface area (Å²) in [6, 6.07) is 18.9. The van der Waals surface area contributed by atoms with E-state index in [-0.39, 0.29) is 11.8 Å². The molecule has 0 unspecified atom stereocenters. The van der Waals surface area contributed by atoms with Crippen molar-refractivity contribution in [3.63, 3.8) is 0 Å². The number of piperidine rings is 1. The molecule has 1 amide bonds. The molecule has 26 heavy (non-hydrogen) atoms. The highest BCUT2D eigenvalue weighted by molar-refractivity contribution is 5.78. The largest absolute Gasteiger partial charge is 0.378 e. The first-order valence-corrected chi connectivity index (χ1v) is 9.42. The zero-order valence-corrected chi connectivity index (χ0v) is 15.8. The second-order valence-corrected chi connectivity index (χ2v) is 7.31. The number of hydrogen-bond acceptors (Lipinski definition) is 3. The summed E-state index contributed by atoms with van der Waals surface area (Å²) in [5.74, 6) is 0.337. The molecule has 1 aliphatic heterocycles. The third kappa shape index (κ3) is 5.09. The van der Waals surface area contributed by atoms with Gasteiger partial charge in [0.25, 0.3) is 0 Å². The molecule has 1 saturated heterocycles. The molecule has 2 aromatic carbocycles. The van der Waals surface area contributed by atoms with E-state index in [1.165, 1.54) is 11.3 Å². The van der Waals surface area contributed by atoms with Gasteiger partial charge in [0.2, 0.25) is 5.91 Å². The van der Waals surface area contributed by atoms with Gasteiger partial charge in [-0.25, -0.2) is 0 Å². The van der Waals surface area contributed by atoms with Crippen LogP contribution in [0.25, 0.3) is 0 Å². The highest BCUT2D eigenvalue weighted by Gasteiger charge is 2.24. The topological polar surface area (TPSA) is 35.6 Å². The van der Waals surface area contributed by atoms with Crippen LogP contribution in [0.2, 0.25) is 0 Å². The standard InChI is InChI=1S/C22H29N3O/c1-24(2)21-10-8-18(9-11-21)16-23-22(26)20-12-14-25(15-13-20)17-19-6-4-3-5-7-19/h3-11,20H,12-17H2,1-2H3,(H,23,26). The number of benzene rings is 2. The number of carbonyl (C=O) groups excluding carboxylic acids is 1. The molecule has 0 aromatic heterocycles. The Hall–Kier alpha value is -2.33. The Morgan fingerprint density at radius 3 is 2.27 bits per heavy atom. The van der Waals surface area contributed by atoms with Crippen molar-refractivity contribution < 1.29 is 4.79 Å². The molecule has 2 aromatic rings. The summed E-state index contributed by atoms with van der Waals surface area (Å²) in [7, 11) is 4.06. The van der Waals surface area contributed by atoms with Crippen LogP contribution in [-0.4, -0.2) is 38.0 Å². The fourth-order valence-corrected chi connectivity index (χ4v) is 3.44. The number of hydrogen-bond donors (Lipinski definition) is 1. The normalized spacial score (nSPS) is 15.6. The Kier molecular flexibility index (Phi) is 6.29. The number of nitrogens with one attached hydrogen (secondary N) is 1. The molecule has 0 atom stereocenters. The van der Waals surface area contributed by atoms with Gasteiger partial charge >= 0.3 is 0 Å². The number of nitrogens with zero attached hydrogens (tertiary/aromatic N) is 2. The molecule has 4 heteroatoms. The molecular weight excluding hydrogens is 322 g/mol. The molecule has 3 rings (SSSR count). The van der Waals surface area contributed by atoms with E-state index in [1.807, 2.05) is 20.2 Å². The minimum atomic E-state index is 0.142. The molecular formula is C22H29N3O. The van der Waals surface area contributed by atoms with Crippen molar-refractivity contribution in [3.05, 3.63) is 65.7 Å². The van der Waals surface area contributed by atoms with Crippen LogP contribution in [0, 0.1) is 5.92 Å². The van der Waals surface area contributed by atoms with Crippen LogP contribution in [-0.2, 0) is 17.9 Å². The molecule has 0 aliphatic carbocycles. The first-order valence-electron chi connectivity index (χ1n) is 9.42. The van der Waals surface area contributed by atoms with E-state index in [4.69, 9.17) is 0 Å². The molecule has 1 aliphatic rings. The van der Waals surface area contributed by atoms with Crippen LogP contribution < -0.4 is 10.2 Å². The molecule has 1 fully saturated rings. The Labute approximate surface area is 156 Å². The van der Waals surface area contributed by atoms with E-state index in [2.05, 4.69) is 63.6 Å². The SMILES string of the molecule is CN(C)c1ccc(CNC(=O)C2CCN(Cc3ccccc3)CC2)cc1. The molecule has 1 heterocycles. The summed E-state index contributed by atoms with van der Waals surface area (Å²) in [5, 5.41) is 3.11. The van der Waals surface area contributed by atoms with E-state index >= 15 is 0 Å². The number of amides is 1. The summed E-state index contributed by atoms with van der Waals surface area (Å²) in [5.41, 5.74) is 3.66. The average Bonchev–Trinajstić information content (AvgIpc) is 2.68. The van der Waals surface area contributed by atoms with E-state index < -0.39 is 0 Å². The maximum absolute atomic E-state index is 12.5. The van der Waals surface area contributed by atoms with Crippen molar-refractivity contribution in [3.8, 4) is 0 Å². The fourth-order valence-electron chi connectivity index (χ4n) is 3.44. The van der Waals surface area contributed by atoms with Crippen molar-refractivity contribution in [1.82, 2.24) is 10.2 Å². The Morgan fingerprint density at radius 2 is 1.65 bits per heavy atom. The van der Waals surface area contributed by atoms with E-state index in [9.17, 15) is 4.79 Å². The van der Waals surface area contributed by atoms with E-state index in [0.717, 1.165) is 38.0 Å². The minimum absolute atomic E-state index is 0.142. The summed E-state index contributed by atoms with van der Waals surface area (Å²) in [6.07, 6.45) is 1.89. The molecule has 0 radical (unpaired) electrons. The maximum Gasteiger partial charge on any atom is 0.223 e. The Balaban J connectivity index is 1.42. The van der Waals surface area contributed by atoms with Crippen molar-refractivity contribution in [2.45, 2.75) is 25.9 Å². The number of likely N-dealkylation sites (tertiary alicyclic amines) is 1. The number of anilines is 1. The van der Waals surface area contributed by atoms with Gasteiger partial charge in [0.05, 0.1) is 0 Å². The minimum Gasteiger partial charge on any atom is -0.378 e. The molecule has 1 N–H and O–H groups in total. The quantitative estimate of drug-likeness (QED) is 0.867. The van der Waals surface area contributed by atoms with Crippen LogP contribution >= 0.6 is 0 Å². The molecule has 0 spiro atoms. The Morgan fingerprint density at radius 1 is 1.00 bits per heavy atom. The zero-order chi connectivity index (χ0) is 18.4. The summed E-state index contributed by atoms with van der Waals surface area (Å²) in [6.45, 7) is 3.57. The predicted octanol–water partition coefficient (Wildman–Crippen LogP) is 3.28. The predicted molar refractivity (Wildman–Crippen MR) is 107 cm³/mol. The third-order valence-electron chi connectivity index (χ3n) is 5.13. The highest BCUT2D eigenvalue weighted by atomic mass is 16.1. The summed E-state index contributed by atoms with van der Waals surface area (Å²) < 4.78 is 0. The van der Waals surface area contributed by atoms with Crippen LogP contribution in [0.3, 0.4) is 0 Å². The van der Waals surface area contributed by atoms with Crippen molar-refractivity contribution >= 4 is 11.6 Å². The summed E-state index contributed by atoms with van der Waals surface area (Å²) in [4.78, 5) is 17.0. The second-order valence-electron chi connectivity index (χ2n) is 7.31. The van der Waals surface area contributed by atoms with Crippen LogP contribution in [0.4, 0.5) is 5.69 Å². The van der Waals surface area contributed by atoms with Crippen molar-refractivity contribution in [2.24, 2.45) is 5.92 Å². The van der Waals surface area contributed by atoms with Crippen LogP contribution in [0.1, 0.15) is 24.0 Å². The smallest absolute Gasteiger partial charge is 0.223 e. The monoisotopic (exact) mass is 351 g/mol. The lowest BCUT2D eigenvalue weighted by Gasteiger charge is -2.31. The second kappa shape index (κ2) is 8.86. The number of carbonyl (C=O) groups is 1. The third-order valence-corrected chi connectivity index (χ3v) is 5.13. The van der Waals surface area contributed by atoms with E-state index in [0.29, 0.717) is 6.54 Å². The first kappa shape index (κ1) is 18.5. The maximum atomic E-state index is 12.5. The lowest BCUT2D eigenvalue weighted by molar-refractivity contribution is -0.126. The van der Waals surface area contributed by atoms with Gasteiger partial charge in [-0.05, 0) is 49.2 Å². The first-order chi connectivity index (χ1) is 12.6. The highest BCUT2D eigenvalue weighted by Crippen LogP contribution is 2.19. The lowest BCUT2D eigenvalue weighted by atomic mass is 9.95. The summed E-state index contributed by atoms with van der Waals surface area (Å²) >= 11 is 0.